The zero-order chi connectivity index (χ0) is 19.6. The zero-order valence-electron chi connectivity index (χ0n) is 16.9. The lowest BCUT2D eigenvalue weighted by atomic mass is 10.1. The van der Waals surface area contributed by atoms with Gasteiger partial charge < -0.3 is 15.4 Å². The summed E-state index contributed by atoms with van der Waals surface area (Å²) in [4.78, 5) is 4.20. The minimum atomic E-state index is -3.14. The van der Waals surface area contributed by atoms with Crippen LogP contribution in [0.3, 0.4) is 0 Å². The minimum Gasteiger partial charge on any atom is -0.494 e. The van der Waals surface area contributed by atoms with Crippen molar-refractivity contribution in [1.29, 1.82) is 0 Å². The van der Waals surface area contributed by atoms with Crippen LogP contribution in [0, 0.1) is 6.92 Å². The molecule has 0 saturated carbocycles. The van der Waals surface area contributed by atoms with Crippen molar-refractivity contribution in [1.82, 2.24) is 14.9 Å². The number of guanidine groups is 1. The van der Waals surface area contributed by atoms with E-state index in [2.05, 4.69) is 21.7 Å². The van der Waals surface area contributed by atoms with E-state index in [1.54, 1.807) is 7.05 Å². The summed E-state index contributed by atoms with van der Waals surface area (Å²) >= 11 is 0. The molecule has 156 valence electrons. The maximum atomic E-state index is 11.6. The summed E-state index contributed by atoms with van der Waals surface area (Å²) in [6.07, 6.45) is 1.94. The second kappa shape index (κ2) is 13.2. The molecule has 0 aliphatic heterocycles. The Morgan fingerprint density at radius 1 is 1.26 bits per heavy atom. The monoisotopic (exact) mass is 512 g/mol. The molecule has 1 rings (SSSR count). The van der Waals surface area contributed by atoms with Crippen LogP contribution in [-0.4, -0.2) is 58.2 Å². The Morgan fingerprint density at radius 3 is 2.52 bits per heavy atom. The highest BCUT2D eigenvalue weighted by atomic mass is 127. The summed E-state index contributed by atoms with van der Waals surface area (Å²) in [6.45, 7) is 8.68. The van der Waals surface area contributed by atoms with E-state index in [4.69, 9.17) is 4.74 Å². The number of hydrogen-bond donors (Lipinski definition) is 2. The highest BCUT2D eigenvalue weighted by Crippen LogP contribution is 2.20. The van der Waals surface area contributed by atoms with Crippen LogP contribution in [0.2, 0.25) is 0 Å². The van der Waals surface area contributed by atoms with Gasteiger partial charge in [0.25, 0.3) is 0 Å². The molecule has 0 saturated heterocycles. The van der Waals surface area contributed by atoms with Gasteiger partial charge in [-0.15, -0.1) is 24.0 Å². The van der Waals surface area contributed by atoms with Gasteiger partial charge in [0.1, 0.15) is 5.75 Å². The highest BCUT2D eigenvalue weighted by Gasteiger charge is 2.13. The minimum absolute atomic E-state index is 0. The molecule has 1 aromatic rings. The molecule has 2 N–H and O–H groups in total. The Hall–Kier alpha value is -1.07. The third kappa shape index (κ3) is 9.61. The van der Waals surface area contributed by atoms with Crippen molar-refractivity contribution < 1.29 is 13.2 Å². The van der Waals surface area contributed by atoms with Gasteiger partial charge >= 0.3 is 0 Å². The fourth-order valence-electron chi connectivity index (χ4n) is 2.52. The van der Waals surface area contributed by atoms with Gasteiger partial charge in [-0.1, -0.05) is 19.1 Å². The number of halogens is 1. The van der Waals surface area contributed by atoms with Crippen molar-refractivity contribution >= 4 is 40.0 Å². The number of aliphatic imine (C=N–C) groups is 1. The van der Waals surface area contributed by atoms with E-state index in [0.29, 0.717) is 45.2 Å². The van der Waals surface area contributed by atoms with Gasteiger partial charge in [0.05, 0.1) is 12.9 Å². The van der Waals surface area contributed by atoms with E-state index >= 15 is 0 Å². The first-order chi connectivity index (χ1) is 12.3. The number of hydrogen-bond acceptors (Lipinski definition) is 4. The molecule has 0 aliphatic carbocycles. The second-order valence-electron chi connectivity index (χ2n) is 6.00. The van der Waals surface area contributed by atoms with Gasteiger partial charge in [-0.05, 0) is 31.9 Å². The number of aryl methyl sites for hydroxylation is 1. The zero-order valence-corrected chi connectivity index (χ0v) is 20.1. The van der Waals surface area contributed by atoms with Crippen LogP contribution in [0.4, 0.5) is 0 Å². The van der Waals surface area contributed by atoms with Crippen molar-refractivity contribution in [2.45, 2.75) is 33.7 Å². The van der Waals surface area contributed by atoms with Crippen LogP contribution in [0.15, 0.2) is 23.2 Å². The standard InChI is InChI=1S/C18H32N4O3S.HI/c1-6-22(26(5,23)24)12-8-11-20-18(19-4)21-14-16-10-9-15(3)13-17(16)25-7-2;/h9-10,13H,6-8,11-12,14H2,1-5H3,(H2,19,20,21);1H. The molecule has 0 radical (unpaired) electrons. The fourth-order valence-corrected chi connectivity index (χ4v) is 3.45. The quantitative estimate of drug-likeness (QED) is 0.218. The first-order valence-electron chi connectivity index (χ1n) is 8.93. The molecule has 0 heterocycles. The molecule has 0 amide bonds. The van der Waals surface area contributed by atoms with Crippen LogP contribution < -0.4 is 15.4 Å². The van der Waals surface area contributed by atoms with Crippen molar-refractivity contribution in [3.05, 3.63) is 29.3 Å². The smallest absolute Gasteiger partial charge is 0.211 e. The molecule has 27 heavy (non-hydrogen) atoms. The second-order valence-corrected chi connectivity index (χ2v) is 7.99. The van der Waals surface area contributed by atoms with Crippen LogP contribution >= 0.6 is 24.0 Å². The molecule has 0 atom stereocenters. The van der Waals surface area contributed by atoms with E-state index in [1.807, 2.05) is 32.9 Å². The maximum absolute atomic E-state index is 11.6. The van der Waals surface area contributed by atoms with E-state index < -0.39 is 10.0 Å². The average molecular weight is 512 g/mol. The Balaban J connectivity index is 0.00000676. The lowest BCUT2D eigenvalue weighted by Gasteiger charge is -2.18. The number of benzene rings is 1. The molecular weight excluding hydrogens is 479 g/mol. The Kier molecular flexibility index (Phi) is 12.6. The van der Waals surface area contributed by atoms with Gasteiger partial charge in [0.15, 0.2) is 5.96 Å². The van der Waals surface area contributed by atoms with Gasteiger partial charge in [-0.2, -0.15) is 0 Å². The van der Waals surface area contributed by atoms with Crippen molar-refractivity contribution in [3.63, 3.8) is 0 Å². The molecule has 0 fully saturated rings. The molecule has 0 aliphatic rings. The Labute approximate surface area is 181 Å². The number of ether oxygens (including phenoxy) is 1. The molecule has 0 aromatic heterocycles. The number of rotatable bonds is 10. The number of sulfonamides is 1. The van der Waals surface area contributed by atoms with E-state index in [9.17, 15) is 8.42 Å². The topological polar surface area (TPSA) is 83.0 Å². The van der Waals surface area contributed by atoms with E-state index in [0.717, 1.165) is 16.9 Å². The summed E-state index contributed by atoms with van der Waals surface area (Å²) in [6, 6.07) is 6.13. The van der Waals surface area contributed by atoms with Gasteiger partial charge in [-0.3, -0.25) is 4.99 Å². The third-order valence-electron chi connectivity index (χ3n) is 3.89. The molecule has 0 unspecified atom stereocenters. The summed E-state index contributed by atoms with van der Waals surface area (Å²) in [5.41, 5.74) is 2.22. The largest absolute Gasteiger partial charge is 0.494 e. The Morgan fingerprint density at radius 2 is 1.96 bits per heavy atom. The van der Waals surface area contributed by atoms with Crippen LogP contribution in [0.1, 0.15) is 31.4 Å². The lowest BCUT2D eigenvalue weighted by molar-refractivity contribution is 0.336. The third-order valence-corrected chi connectivity index (χ3v) is 5.27. The fraction of sp³-hybridized carbons (Fsp3) is 0.611. The first kappa shape index (κ1) is 25.9. The summed E-state index contributed by atoms with van der Waals surface area (Å²) in [7, 11) is -1.42. The highest BCUT2D eigenvalue weighted by molar-refractivity contribution is 14.0. The lowest BCUT2D eigenvalue weighted by Crippen LogP contribution is -2.39. The van der Waals surface area contributed by atoms with Crippen molar-refractivity contribution in [2.75, 3.05) is 39.5 Å². The molecule has 7 nitrogen and oxygen atoms in total. The predicted octanol–water partition coefficient (Wildman–Crippen LogP) is 2.35. The molecule has 0 bridgehead atoms. The van der Waals surface area contributed by atoms with Crippen molar-refractivity contribution in [3.8, 4) is 5.75 Å². The molecular formula is C18H33IN4O3S. The average Bonchev–Trinajstić information content (AvgIpc) is 2.58. The number of nitrogens with zero attached hydrogens (tertiary/aromatic N) is 2. The van der Waals surface area contributed by atoms with E-state index in [-0.39, 0.29) is 24.0 Å². The van der Waals surface area contributed by atoms with Gasteiger partial charge in [0, 0.05) is 38.8 Å². The van der Waals surface area contributed by atoms with Crippen LogP contribution in [0.5, 0.6) is 5.75 Å². The van der Waals surface area contributed by atoms with Crippen molar-refractivity contribution in [2.24, 2.45) is 4.99 Å². The summed E-state index contributed by atoms with van der Waals surface area (Å²) < 4.78 is 30.3. The molecule has 0 spiro atoms. The van der Waals surface area contributed by atoms with Gasteiger partial charge in [-0.25, -0.2) is 12.7 Å². The van der Waals surface area contributed by atoms with Crippen LogP contribution in [-0.2, 0) is 16.6 Å². The Bertz CT molecular complexity index is 696. The molecule has 1 aromatic carbocycles. The molecule has 9 heteroatoms. The number of nitrogens with one attached hydrogen (secondary N) is 2. The summed E-state index contributed by atoms with van der Waals surface area (Å²) in [5.74, 6) is 1.55. The first-order valence-corrected chi connectivity index (χ1v) is 10.8. The van der Waals surface area contributed by atoms with Crippen LogP contribution in [0.25, 0.3) is 0 Å². The summed E-state index contributed by atoms with van der Waals surface area (Å²) in [5, 5.41) is 6.47. The van der Waals surface area contributed by atoms with Gasteiger partial charge in [0.2, 0.25) is 10.0 Å². The van der Waals surface area contributed by atoms with E-state index in [1.165, 1.54) is 10.6 Å². The SMILES string of the molecule is CCOc1cc(C)ccc1CNC(=NC)NCCCN(CC)S(C)(=O)=O.I. The normalized spacial score (nSPS) is 11.9. The predicted molar refractivity (Wildman–Crippen MR) is 123 cm³/mol. The maximum Gasteiger partial charge on any atom is 0.211 e.